The van der Waals surface area contributed by atoms with Crippen LogP contribution in [0.1, 0.15) is 76.0 Å². The second-order valence-corrected chi connectivity index (χ2v) is 10.1. The number of aryl methyl sites for hydroxylation is 1. The molecule has 2 aliphatic carbocycles. The molecule has 144 valence electrons. The van der Waals surface area contributed by atoms with Gasteiger partial charge in [-0.05, 0) is 65.7 Å². The van der Waals surface area contributed by atoms with Crippen LogP contribution in [-0.2, 0) is 26.7 Å². The number of benzene rings is 1. The van der Waals surface area contributed by atoms with E-state index in [0.29, 0.717) is 18.4 Å². The van der Waals surface area contributed by atoms with E-state index in [9.17, 15) is 22.9 Å². The van der Waals surface area contributed by atoms with E-state index in [1.165, 1.54) is 0 Å². The summed E-state index contributed by atoms with van der Waals surface area (Å²) in [4.78, 5) is 11.7. The minimum Gasteiger partial charge on any atom is -0.744 e. The Morgan fingerprint density at radius 2 is 1.79 bits per heavy atom. The average molecular weight is 424 g/mol. The van der Waals surface area contributed by atoms with Crippen LogP contribution in [0.25, 0.3) is 0 Å². The molecular formula is C20H26Na2O5S. The Hall–Kier alpha value is 0.600. The SMILES string of the molecule is CC(C)c1cc2c(cc1S(=O)(=O)[O-])C1(C)CCCC(C)(C(=O)[O-])C1CC2.[Na+].[Na+]. The molecule has 3 atom stereocenters. The Kier molecular flexibility index (Phi) is 8.55. The molecule has 0 heterocycles. The van der Waals surface area contributed by atoms with Crippen molar-refractivity contribution in [2.24, 2.45) is 11.3 Å². The second-order valence-electron chi connectivity index (χ2n) is 8.72. The summed E-state index contributed by atoms with van der Waals surface area (Å²) in [5.74, 6) is -1.25. The number of hydrogen-bond donors (Lipinski definition) is 0. The molecule has 1 aromatic carbocycles. The zero-order chi connectivity index (χ0) is 19.5. The van der Waals surface area contributed by atoms with E-state index in [4.69, 9.17) is 0 Å². The quantitative estimate of drug-likeness (QED) is 0.370. The third kappa shape index (κ3) is 4.31. The van der Waals surface area contributed by atoms with Gasteiger partial charge in [0.1, 0.15) is 10.1 Å². The van der Waals surface area contributed by atoms with E-state index in [0.717, 1.165) is 30.4 Å². The predicted octanol–water partition coefficient (Wildman–Crippen LogP) is -3.52. The van der Waals surface area contributed by atoms with Gasteiger partial charge >= 0.3 is 59.1 Å². The zero-order valence-corrected chi connectivity index (χ0v) is 22.6. The summed E-state index contributed by atoms with van der Waals surface area (Å²) in [6, 6.07) is 3.40. The van der Waals surface area contributed by atoms with E-state index >= 15 is 0 Å². The van der Waals surface area contributed by atoms with E-state index < -0.39 is 26.9 Å². The van der Waals surface area contributed by atoms with E-state index in [-0.39, 0.29) is 75.8 Å². The van der Waals surface area contributed by atoms with Crippen LogP contribution < -0.4 is 64.2 Å². The number of carboxylic acid groups (broad SMARTS) is 1. The topological polar surface area (TPSA) is 97.3 Å². The van der Waals surface area contributed by atoms with Crippen molar-refractivity contribution in [2.75, 3.05) is 0 Å². The van der Waals surface area contributed by atoms with E-state index in [2.05, 4.69) is 0 Å². The van der Waals surface area contributed by atoms with Gasteiger partial charge in [0.05, 0.1) is 4.90 Å². The molecule has 0 radical (unpaired) electrons. The largest absolute Gasteiger partial charge is 1.00 e. The molecule has 3 rings (SSSR count). The van der Waals surface area contributed by atoms with Gasteiger partial charge in [-0.15, -0.1) is 0 Å². The number of fused-ring (bicyclic) bond motifs is 3. The summed E-state index contributed by atoms with van der Waals surface area (Å²) < 4.78 is 35.7. The number of carbonyl (C=O) groups is 1. The third-order valence-corrected chi connectivity index (χ3v) is 7.73. The predicted molar refractivity (Wildman–Crippen MR) is 94.6 cm³/mol. The molecule has 2 aliphatic rings. The van der Waals surface area contributed by atoms with Crippen LogP contribution in [0.2, 0.25) is 0 Å². The molecule has 0 aliphatic heterocycles. The Balaban J connectivity index is 0.00000196. The fraction of sp³-hybridized carbons (Fsp3) is 0.650. The van der Waals surface area contributed by atoms with Gasteiger partial charge in [-0.2, -0.15) is 0 Å². The van der Waals surface area contributed by atoms with Crippen molar-refractivity contribution >= 4 is 16.1 Å². The van der Waals surface area contributed by atoms with Gasteiger partial charge in [0.2, 0.25) is 0 Å². The minimum absolute atomic E-state index is 0. The van der Waals surface area contributed by atoms with E-state index in [1.54, 1.807) is 13.0 Å². The summed E-state index contributed by atoms with van der Waals surface area (Å²) >= 11 is 0. The van der Waals surface area contributed by atoms with Gasteiger partial charge in [-0.3, -0.25) is 0 Å². The zero-order valence-electron chi connectivity index (χ0n) is 17.8. The summed E-state index contributed by atoms with van der Waals surface area (Å²) in [6.45, 7) is 7.52. The van der Waals surface area contributed by atoms with Crippen LogP contribution in [0.15, 0.2) is 17.0 Å². The van der Waals surface area contributed by atoms with Crippen molar-refractivity contribution in [3.63, 3.8) is 0 Å². The maximum atomic E-state index is 11.9. The number of hydrogen-bond acceptors (Lipinski definition) is 5. The summed E-state index contributed by atoms with van der Waals surface area (Å²) in [7, 11) is -4.60. The normalized spacial score (nSPS) is 29.1. The first-order chi connectivity index (χ1) is 11.9. The number of carboxylic acids is 1. The minimum atomic E-state index is -4.60. The van der Waals surface area contributed by atoms with Gasteiger partial charge in [0, 0.05) is 11.4 Å². The molecule has 1 saturated carbocycles. The van der Waals surface area contributed by atoms with Gasteiger partial charge in [-0.1, -0.05) is 40.2 Å². The number of aliphatic carboxylic acids is 1. The standard InChI is InChI=1S/C20H28O5S.2Na/c1-12(2)14-10-13-6-7-17-19(3,8-5-9-20(17,4)18(21)22)15(13)11-16(14)26(23,24)25;;/h10-12,17H,5-9H2,1-4H3,(H,21,22)(H,23,24,25);;/q;2*+1/p-2. The first-order valence-electron chi connectivity index (χ1n) is 9.26. The fourth-order valence-corrected chi connectivity index (χ4v) is 6.27. The monoisotopic (exact) mass is 424 g/mol. The molecule has 0 amide bonds. The van der Waals surface area contributed by atoms with Crippen molar-refractivity contribution in [2.45, 2.75) is 76.0 Å². The number of carbonyl (C=O) groups excluding carboxylic acids is 1. The average Bonchev–Trinajstić information content (AvgIpc) is 2.52. The van der Waals surface area contributed by atoms with Gasteiger partial charge in [0.15, 0.2) is 0 Å². The molecule has 1 aromatic rings. The molecule has 8 heteroatoms. The molecule has 0 aromatic heterocycles. The second kappa shape index (κ2) is 8.99. The molecule has 28 heavy (non-hydrogen) atoms. The molecule has 1 fully saturated rings. The van der Waals surface area contributed by atoms with Crippen molar-refractivity contribution in [1.82, 2.24) is 0 Å². The number of rotatable bonds is 3. The van der Waals surface area contributed by atoms with Crippen LogP contribution in [-0.4, -0.2) is 18.9 Å². The van der Waals surface area contributed by atoms with Crippen LogP contribution in [0.3, 0.4) is 0 Å². The summed E-state index contributed by atoms with van der Waals surface area (Å²) in [6.07, 6.45) is 3.52. The molecular weight excluding hydrogens is 398 g/mol. The maximum absolute atomic E-state index is 11.9. The Bertz CT molecular complexity index is 868. The van der Waals surface area contributed by atoms with Crippen LogP contribution >= 0.6 is 0 Å². The molecule has 0 spiro atoms. The third-order valence-electron chi connectivity index (χ3n) is 6.84. The van der Waals surface area contributed by atoms with Crippen molar-refractivity contribution in [3.8, 4) is 0 Å². The summed E-state index contributed by atoms with van der Waals surface area (Å²) in [5, 5.41) is 11.9. The van der Waals surface area contributed by atoms with Gasteiger partial charge in [-0.25, -0.2) is 8.42 Å². The smallest absolute Gasteiger partial charge is 0.744 e. The van der Waals surface area contributed by atoms with Crippen molar-refractivity contribution in [3.05, 3.63) is 28.8 Å². The molecule has 0 N–H and O–H groups in total. The first kappa shape index (κ1) is 26.6. The fourth-order valence-electron chi connectivity index (χ4n) is 5.43. The van der Waals surface area contributed by atoms with Crippen LogP contribution in [0.5, 0.6) is 0 Å². The van der Waals surface area contributed by atoms with E-state index in [1.807, 2.05) is 26.8 Å². The Morgan fingerprint density at radius 1 is 1.18 bits per heavy atom. The molecule has 3 unspecified atom stereocenters. The van der Waals surface area contributed by atoms with Gasteiger partial charge in [0.25, 0.3) is 0 Å². The van der Waals surface area contributed by atoms with Crippen molar-refractivity contribution < 1.29 is 82.0 Å². The summed E-state index contributed by atoms with van der Waals surface area (Å²) in [5.41, 5.74) is 1.04. The van der Waals surface area contributed by atoms with Gasteiger partial charge < -0.3 is 14.5 Å². The maximum Gasteiger partial charge on any atom is 1.00 e. The molecule has 5 nitrogen and oxygen atoms in total. The first-order valence-corrected chi connectivity index (χ1v) is 10.7. The molecule has 0 bridgehead atoms. The Labute approximate surface area is 212 Å². The van der Waals surface area contributed by atoms with Crippen LogP contribution in [0.4, 0.5) is 0 Å². The van der Waals surface area contributed by atoms with Crippen LogP contribution in [0, 0.1) is 11.3 Å². The van der Waals surface area contributed by atoms with Crippen molar-refractivity contribution in [1.29, 1.82) is 0 Å². The Morgan fingerprint density at radius 3 is 2.29 bits per heavy atom. The molecule has 0 saturated heterocycles.